The van der Waals surface area contributed by atoms with E-state index >= 15 is 0 Å². The molecule has 98 valence electrons. The van der Waals surface area contributed by atoms with Gasteiger partial charge in [-0.15, -0.1) is 0 Å². The van der Waals surface area contributed by atoms with Crippen molar-refractivity contribution in [1.82, 2.24) is 5.32 Å². The second-order valence-corrected chi connectivity index (χ2v) is 3.80. The summed E-state index contributed by atoms with van der Waals surface area (Å²) >= 11 is 0. The van der Waals surface area contributed by atoms with Crippen molar-refractivity contribution >= 4 is 17.3 Å². The average Bonchev–Trinajstić information content (AvgIpc) is 2.34. The molecule has 3 N–H and O–H groups in total. The fourth-order valence-corrected chi connectivity index (χ4v) is 1.38. The van der Waals surface area contributed by atoms with Crippen LogP contribution in [0.3, 0.4) is 0 Å². The minimum Gasteiger partial charge on any atom is -0.392 e. The third-order valence-electron chi connectivity index (χ3n) is 2.27. The van der Waals surface area contributed by atoms with Gasteiger partial charge in [0.05, 0.1) is 11.0 Å². The van der Waals surface area contributed by atoms with Crippen LogP contribution >= 0.6 is 0 Å². The summed E-state index contributed by atoms with van der Waals surface area (Å²) in [5.41, 5.74) is 0.390. The van der Waals surface area contributed by atoms with Gasteiger partial charge < -0.3 is 15.7 Å². The Hall–Kier alpha value is -2.15. The maximum Gasteiger partial charge on any atom is 0.292 e. The number of benzene rings is 1. The number of nitro benzene ring substituents is 1. The Labute approximate surface area is 104 Å². The molecular formula is C11H15N3O4. The standard InChI is InChI=1S/C11H15N3O4/c1-7(15)6-13-9-5-8(11(16)12-2)3-4-10(9)14(17)18/h3-5,7,13,15H,6H2,1-2H3,(H,12,16). The zero-order valence-electron chi connectivity index (χ0n) is 10.1. The Kier molecular flexibility index (Phi) is 4.61. The number of rotatable bonds is 5. The number of carbonyl (C=O) groups excluding carboxylic acids is 1. The molecule has 1 atom stereocenters. The van der Waals surface area contributed by atoms with Gasteiger partial charge in [0.25, 0.3) is 11.6 Å². The first-order chi connectivity index (χ1) is 8.45. The van der Waals surface area contributed by atoms with Crippen molar-refractivity contribution in [2.75, 3.05) is 18.9 Å². The second-order valence-electron chi connectivity index (χ2n) is 3.80. The van der Waals surface area contributed by atoms with Crippen molar-refractivity contribution in [3.8, 4) is 0 Å². The highest BCUT2D eigenvalue weighted by Crippen LogP contribution is 2.25. The molecule has 0 fully saturated rings. The van der Waals surface area contributed by atoms with Gasteiger partial charge in [0, 0.05) is 25.2 Å². The smallest absolute Gasteiger partial charge is 0.292 e. The van der Waals surface area contributed by atoms with E-state index in [1.165, 1.54) is 25.2 Å². The van der Waals surface area contributed by atoms with Crippen LogP contribution in [0.1, 0.15) is 17.3 Å². The van der Waals surface area contributed by atoms with Crippen LogP contribution in [-0.4, -0.2) is 35.6 Å². The van der Waals surface area contributed by atoms with Crippen LogP contribution in [0.2, 0.25) is 0 Å². The summed E-state index contributed by atoms with van der Waals surface area (Å²) in [6.45, 7) is 1.72. The van der Waals surface area contributed by atoms with Gasteiger partial charge in [-0.3, -0.25) is 14.9 Å². The molecule has 1 amide bonds. The third kappa shape index (κ3) is 3.42. The largest absolute Gasteiger partial charge is 0.392 e. The first-order valence-corrected chi connectivity index (χ1v) is 5.38. The van der Waals surface area contributed by atoms with Crippen LogP contribution in [0.4, 0.5) is 11.4 Å². The normalized spacial score (nSPS) is 11.7. The fourth-order valence-electron chi connectivity index (χ4n) is 1.38. The monoisotopic (exact) mass is 253 g/mol. The lowest BCUT2D eigenvalue weighted by atomic mass is 10.1. The first kappa shape index (κ1) is 13.9. The summed E-state index contributed by atoms with van der Waals surface area (Å²) in [5, 5.41) is 25.2. The van der Waals surface area contributed by atoms with Gasteiger partial charge in [-0.05, 0) is 19.1 Å². The van der Waals surface area contributed by atoms with Gasteiger partial charge in [0.1, 0.15) is 5.69 Å². The molecule has 1 aromatic carbocycles. The molecule has 0 aromatic heterocycles. The second kappa shape index (κ2) is 5.97. The van der Waals surface area contributed by atoms with E-state index in [2.05, 4.69) is 10.6 Å². The van der Waals surface area contributed by atoms with Crippen LogP contribution < -0.4 is 10.6 Å². The van der Waals surface area contributed by atoms with Crippen LogP contribution in [0.5, 0.6) is 0 Å². The molecule has 0 saturated carbocycles. The number of anilines is 1. The molecule has 18 heavy (non-hydrogen) atoms. The summed E-state index contributed by atoms with van der Waals surface area (Å²) in [7, 11) is 1.48. The molecular weight excluding hydrogens is 238 g/mol. The zero-order chi connectivity index (χ0) is 13.7. The molecule has 1 aromatic rings. The number of hydrogen-bond donors (Lipinski definition) is 3. The zero-order valence-corrected chi connectivity index (χ0v) is 10.1. The predicted molar refractivity (Wildman–Crippen MR) is 66.7 cm³/mol. The van der Waals surface area contributed by atoms with E-state index in [1.807, 2.05) is 0 Å². The van der Waals surface area contributed by atoms with Crippen molar-refractivity contribution in [2.45, 2.75) is 13.0 Å². The number of hydrogen-bond acceptors (Lipinski definition) is 5. The topological polar surface area (TPSA) is 104 Å². The lowest BCUT2D eigenvalue weighted by Crippen LogP contribution is -2.19. The van der Waals surface area contributed by atoms with Crippen molar-refractivity contribution in [2.24, 2.45) is 0 Å². The van der Waals surface area contributed by atoms with Gasteiger partial charge in [-0.2, -0.15) is 0 Å². The van der Waals surface area contributed by atoms with Crippen molar-refractivity contribution in [1.29, 1.82) is 0 Å². The lowest BCUT2D eigenvalue weighted by molar-refractivity contribution is -0.384. The van der Waals surface area contributed by atoms with Gasteiger partial charge in [0.15, 0.2) is 0 Å². The maximum atomic E-state index is 11.4. The average molecular weight is 253 g/mol. The van der Waals surface area contributed by atoms with Crippen molar-refractivity contribution < 1.29 is 14.8 Å². The highest BCUT2D eigenvalue weighted by molar-refractivity contribution is 5.95. The van der Waals surface area contributed by atoms with E-state index in [9.17, 15) is 14.9 Å². The molecule has 1 unspecified atom stereocenters. The molecule has 0 spiro atoms. The highest BCUT2D eigenvalue weighted by atomic mass is 16.6. The fraction of sp³-hybridized carbons (Fsp3) is 0.364. The Morgan fingerprint density at radius 1 is 1.56 bits per heavy atom. The van der Waals surface area contributed by atoms with Crippen LogP contribution in [0.15, 0.2) is 18.2 Å². The SMILES string of the molecule is CNC(=O)c1ccc([N+](=O)[O-])c(NCC(C)O)c1. The molecule has 0 heterocycles. The molecule has 0 aliphatic rings. The number of aliphatic hydroxyl groups is 1. The maximum absolute atomic E-state index is 11.4. The number of aliphatic hydroxyl groups excluding tert-OH is 1. The summed E-state index contributed by atoms with van der Waals surface area (Å²) in [6.07, 6.45) is -0.645. The summed E-state index contributed by atoms with van der Waals surface area (Å²) in [4.78, 5) is 21.7. The van der Waals surface area contributed by atoms with Crippen LogP contribution in [0, 0.1) is 10.1 Å². The quantitative estimate of drug-likeness (QED) is 0.530. The van der Waals surface area contributed by atoms with Gasteiger partial charge in [-0.25, -0.2) is 0 Å². The van der Waals surface area contributed by atoms with E-state index in [4.69, 9.17) is 5.11 Å². The van der Waals surface area contributed by atoms with E-state index in [1.54, 1.807) is 6.92 Å². The molecule has 7 nitrogen and oxygen atoms in total. The van der Waals surface area contributed by atoms with Gasteiger partial charge >= 0.3 is 0 Å². The van der Waals surface area contributed by atoms with Crippen molar-refractivity contribution in [3.05, 3.63) is 33.9 Å². The van der Waals surface area contributed by atoms with E-state index < -0.39 is 11.0 Å². The minimum absolute atomic E-state index is 0.136. The Bertz CT molecular complexity index is 460. The molecule has 0 aliphatic heterocycles. The molecule has 0 aliphatic carbocycles. The van der Waals surface area contributed by atoms with Crippen molar-refractivity contribution in [3.63, 3.8) is 0 Å². The molecule has 0 radical (unpaired) electrons. The Morgan fingerprint density at radius 2 is 2.22 bits per heavy atom. The molecule has 0 saturated heterocycles. The Balaban J connectivity index is 3.07. The van der Waals surface area contributed by atoms with Crippen LogP contribution in [-0.2, 0) is 0 Å². The van der Waals surface area contributed by atoms with E-state index in [0.29, 0.717) is 5.56 Å². The van der Waals surface area contributed by atoms with E-state index in [-0.39, 0.29) is 23.8 Å². The Morgan fingerprint density at radius 3 is 2.72 bits per heavy atom. The van der Waals surface area contributed by atoms with Gasteiger partial charge in [-0.1, -0.05) is 0 Å². The van der Waals surface area contributed by atoms with Gasteiger partial charge in [0.2, 0.25) is 0 Å². The number of nitrogens with zero attached hydrogens (tertiary/aromatic N) is 1. The molecule has 1 rings (SSSR count). The molecule has 7 heteroatoms. The number of nitro groups is 1. The summed E-state index contributed by atoms with van der Waals surface area (Å²) < 4.78 is 0. The predicted octanol–water partition coefficient (Wildman–Crippen LogP) is 0.747. The molecule has 0 bridgehead atoms. The third-order valence-corrected chi connectivity index (χ3v) is 2.27. The number of amides is 1. The highest BCUT2D eigenvalue weighted by Gasteiger charge is 2.16. The number of carbonyl (C=O) groups is 1. The van der Waals surface area contributed by atoms with E-state index in [0.717, 1.165) is 0 Å². The first-order valence-electron chi connectivity index (χ1n) is 5.38. The minimum atomic E-state index is -0.645. The van der Waals surface area contributed by atoms with Crippen LogP contribution in [0.25, 0.3) is 0 Å². The summed E-state index contributed by atoms with van der Waals surface area (Å²) in [6, 6.07) is 4.03. The summed E-state index contributed by atoms with van der Waals surface area (Å²) in [5.74, 6) is -0.329. The number of nitrogens with one attached hydrogen (secondary N) is 2. The lowest BCUT2D eigenvalue weighted by Gasteiger charge is -2.10.